The first-order valence-electron chi connectivity index (χ1n) is 8.35. The lowest BCUT2D eigenvalue weighted by Crippen LogP contribution is -2.22. The van der Waals surface area contributed by atoms with E-state index in [1.807, 2.05) is 13.8 Å². The average Bonchev–Trinajstić information content (AvgIpc) is 2.99. The van der Waals surface area contributed by atoms with Gasteiger partial charge in [0.15, 0.2) is 0 Å². The van der Waals surface area contributed by atoms with E-state index in [0.717, 1.165) is 9.54 Å². The zero-order chi connectivity index (χ0) is 22.1. The summed E-state index contributed by atoms with van der Waals surface area (Å²) in [6, 6.07) is 8.33. The third-order valence-corrected chi connectivity index (χ3v) is 6.15. The summed E-state index contributed by atoms with van der Waals surface area (Å²) in [4.78, 5) is 8.36. The van der Waals surface area contributed by atoms with Crippen molar-refractivity contribution in [2.75, 3.05) is 4.72 Å². The molecule has 9 nitrogen and oxygen atoms in total. The zero-order valence-corrected chi connectivity index (χ0v) is 18.1. The van der Waals surface area contributed by atoms with Crippen molar-refractivity contribution in [2.24, 2.45) is 5.14 Å². The molecule has 1 aromatic heterocycles. The number of rotatable bonds is 5. The van der Waals surface area contributed by atoms with E-state index in [1.54, 1.807) is 51.1 Å². The Hall–Kier alpha value is -2.37. The summed E-state index contributed by atoms with van der Waals surface area (Å²) in [6.07, 6.45) is 1.38. The molecule has 2 aromatic rings. The molecule has 0 aliphatic carbocycles. The molecule has 4 N–H and O–H groups in total. The number of nitrogens with zero attached hydrogens (tertiary/aromatic N) is 1. The Balaban J connectivity index is 0.00000133. The molecule has 0 amide bonds. The third kappa shape index (κ3) is 6.98. The number of sulfonamides is 1. The highest BCUT2D eigenvalue weighted by molar-refractivity contribution is 7.93. The van der Waals surface area contributed by atoms with Crippen LogP contribution >= 0.6 is 0 Å². The van der Waals surface area contributed by atoms with E-state index in [0.29, 0.717) is 16.9 Å². The van der Waals surface area contributed by atoms with E-state index in [9.17, 15) is 16.8 Å². The van der Waals surface area contributed by atoms with Gasteiger partial charge >= 0.3 is 10.2 Å². The first-order chi connectivity index (χ1) is 12.9. The van der Waals surface area contributed by atoms with Crippen molar-refractivity contribution in [3.63, 3.8) is 0 Å². The summed E-state index contributed by atoms with van der Waals surface area (Å²) in [6.45, 7) is 8.58. The van der Waals surface area contributed by atoms with E-state index in [2.05, 4.69) is 4.72 Å². The molecule has 0 saturated carbocycles. The topological polar surface area (TPSA) is 149 Å². The normalized spacial score (nSPS) is 11.0. The van der Waals surface area contributed by atoms with Crippen LogP contribution in [0, 0.1) is 6.92 Å². The Labute approximate surface area is 166 Å². The van der Waals surface area contributed by atoms with Crippen molar-refractivity contribution in [3.05, 3.63) is 42.2 Å². The molecule has 0 atom stereocenters. The Bertz CT molecular complexity index is 963. The monoisotopic (exact) mass is 433 g/mol. The van der Waals surface area contributed by atoms with Crippen LogP contribution in [0.4, 0.5) is 5.69 Å². The van der Waals surface area contributed by atoms with Gasteiger partial charge in [0.2, 0.25) is 10.0 Å². The number of hydrogen-bond donors (Lipinski definition) is 3. The van der Waals surface area contributed by atoms with Crippen LogP contribution in [0.3, 0.4) is 0 Å². The summed E-state index contributed by atoms with van der Waals surface area (Å²) >= 11 is 0. The number of hydrogen-bond acceptors (Lipinski definition) is 5. The number of benzene rings is 1. The van der Waals surface area contributed by atoms with E-state index in [4.69, 9.17) is 15.0 Å². The van der Waals surface area contributed by atoms with Crippen molar-refractivity contribution in [2.45, 2.75) is 39.9 Å². The number of anilines is 1. The van der Waals surface area contributed by atoms with E-state index in [-0.39, 0.29) is 6.47 Å². The number of nitrogens with one attached hydrogen (secondary N) is 1. The SMILES string of the molecule is CC.Cc1c(-c2ccc(NS(=O)(=O)C(C)C)cc2)ccn1S(N)(=O)=O.O=CO. The predicted octanol–water partition coefficient (Wildman–Crippen LogP) is 2.39. The number of nitrogens with two attached hydrogens (primary N) is 1. The van der Waals surface area contributed by atoms with E-state index >= 15 is 0 Å². The number of aromatic nitrogens is 1. The van der Waals surface area contributed by atoms with Crippen molar-refractivity contribution >= 4 is 32.4 Å². The minimum atomic E-state index is -3.84. The van der Waals surface area contributed by atoms with Crippen LogP contribution in [-0.4, -0.2) is 37.6 Å². The molecule has 0 fully saturated rings. The van der Waals surface area contributed by atoms with Gasteiger partial charge < -0.3 is 5.11 Å². The molecule has 0 aliphatic heterocycles. The second-order valence-electron chi connectivity index (χ2n) is 5.53. The molecule has 2 rings (SSSR count). The Kier molecular flexibility index (Phi) is 9.92. The molecule has 1 heterocycles. The fourth-order valence-electron chi connectivity index (χ4n) is 2.07. The molecule has 0 bridgehead atoms. The first kappa shape index (κ1) is 25.6. The quantitative estimate of drug-likeness (QED) is 0.616. The maximum atomic E-state index is 11.8. The van der Waals surface area contributed by atoms with Gasteiger partial charge in [-0.05, 0) is 44.5 Å². The minimum Gasteiger partial charge on any atom is -0.483 e. The van der Waals surface area contributed by atoms with Crippen molar-refractivity contribution in [3.8, 4) is 11.1 Å². The Morgan fingerprint density at radius 1 is 1.07 bits per heavy atom. The Morgan fingerprint density at radius 3 is 1.89 bits per heavy atom. The zero-order valence-electron chi connectivity index (χ0n) is 16.4. The van der Waals surface area contributed by atoms with Gasteiger partial charge in [-0.15, -0.1) is 0 Å². The molecular weight excluding hydrogens is 406 g/mol. The van der Waals surface area contributed by atoms with Gasteiger partial charge in [0.25, 0.3) is 6.47 Å². The highest BCUT2D eigenvalue weighted by atomic mass is 32.2. The average molecular weight is 434 g/mol. The van der Waals surface area contributed by atoms with Crippen LogP contribution in [0.2, 0.25) is 0 Å². The first-order valence-corrected chi connectivity index (χ1v) is 11.4. The summed E-state index contributed by atoms with van der Waals surface area (Å²) in [5.74, 6) is 0. The van der Waals surface area contributed by atoms with Crippen LogP contribution in [0.25, 0.3) is 11.1 Å². The van der Waals surface area contributed by atoms with Gasteiger partial charge in [0.05, 0.1) is 5.25 Å². The van der Waals surface area contributed by atoms with Crippen molar-refractivity contribution in [1.82, 2.24) is 3.97 Å². The summed E-state index contributed by atoms with van der Waals surface area (Å²) in [7, 11) is -7.24. The number of carboxylic acid groups (broad SMARTS) is 1. The molecule has 0 aliphatic rings. The van der Waals surface area contributed by atoms with Crippen LogP contribution < -0.4 is 9.86 Å². The summed E-state index contributed by atoms with van der Waals surface area (Å²) in [5.41, 5.74) is 2.41. The van der Waals surface area contributed by atoms with Gasteiger partial charge in [-0.1, -0.05) is 26.0 Å². The van der Waals surface area contributed by atoms with Gasteiger partial charge in [0, 0.05) is 23.1 Å². The molecule has 0 saturated heterocycles. The maximum Gasteiger partial charge on any atom is 0.302 e. The van der Waals surface area contributed by atoms with Crippen molar-refractivity contribution in [1.29, 1.82) is 0 Å². The molecule has 158 valence electrons. The molecular formula is C17H27N3O6S2. The van der Waals surface area contributed by atoms with Crippen molar-refractivity contribution < 1.29 is 26.7 Å². The highest BCUT2D eigenvalue weighted by Gasteiger charge is 2.16. The van der Waals surface area contributed by atoms with Gasteiger partial charge in [-0.2, -0.15) is 8.42 Å². The second-order valence-corrected chi connectivity index (χ2v) is 9.19. The third-order valence-electron chi connectivity index (χ3n) is 3.45. The molecule has 0 unspecified atom stereocenters. The lowest BCUT2D eigenvalue weighted by atomic mass is 10.1. The standard InChI is InChI=1S/C14H19N3O4S2.C2H6.CH2O2/c1-10(2)22(18,19)16-13-6-4-12(5-7-13)14-8-9-17(11(14)3)23(15,20)21;1-2;2-1-3/h4-10,16H,1-3H3,(H2,15,20,21);1-2H3;1H,(H,2,3). The molecule has 1 aromatic carbocycles. The van der Waals surface area contributed by atoms with E-state index < -0.39 is 25.5 Å². The van der Waals surface area contributed by atoms with Gasteiger partial charge in [-0.25, -0.2) is 17.5 Å². The lowest BCUT2D eigenvalue weighted by Gasteiger charge is -2.11. The second kappa shape index (κ2) is 10.8. The fraction of sp³-hybridized carbons (Fsp3) is 0.353. The smallest absolute Gasteiger partial charge is 0.302 e. The lowest BCUT2D eigenvalue weighted by molar-refractivity contribution is -0.122. The summed E-state index contributed by atoms with van der Waals surface area (Å²) in [5, 5.41) is 11.5. The van der Waals surface area contributed by atoms with Gasteiger partial charge in [0.1, 0.15) is 0 Å². The van der Waals surface area contributed by atoms with Crippen LogP contribution in [0.5, 0.6) is 0 Å². The van der Waals surface area contributed by atoms with Crippen LogP contribution in [0.1, 0.15) is 33.4 Å². The van der Waals surface area contributed by atoms with Crippen LogP contribution in [-0.2, 0) is 25.0 Å². The van der Waals surface area contributed by atoms with Gasteiger partial charge in [-0.3, -0.25) is 9.52 Å². The Morgan fingerprint density at radius 2 is 1.54 bits per heavy atom. The largest absolute Gasteiger partial charge is 0.483 e. The number of carbonyl (C=O) groups is 1. The molecule has 11 heteroatoms. The molecule has 0 radical (unpaired) electrons. The van der Waals surface area contributed by atoms with Crippen LogP contribution in [0.15, 0.2) is 36.5 Å². The van der Waals surface area contributed by atoms with E-state index in [1.165, 1.54) is 6.20 Å². The molecule has 0 spiro atoms. The molecule has 28 heavy (non-hydrogen) atoms. The predicted molar refractivity (Wildman–Crippen MR) is 111 cm³/mol. The minimum absolute atomic E-state index is 0.250. The fourth-order valence-corrected chi connectivity index (χ4v) is 3.48. The highest BCUT2D eigenvalue weighted by Crippen LogP contribution is 2.26. The maximum absolute atomic E-state index is 11.8. The summed E-state index contributed by atoms with van der Waals surface area (Å²) < 4.78 is 50.0.